The van der Waals surface area contributed by atoms with E-state index in [-0.39, 0.29) is 0 Å². The van der Waals surface area contributed by atoms with Crippen LogP contribution >= 0.6 is 0 Å². The average Bonchev–Trinajstić information content (AvgIpc) is 3.28. The summed E-state index contributed by atoms with van der Waals surface area (Å²) < 4.78 is 3.96. The molecular weight excluding hydrogens is 376 g/mol. The Hall–Kier alpha value is -3.27. The minimum Gasteiger partial charge on any atom is -0.481 e. The number of hydrogen-bond acceptors (Lipinski definition) is 6. The highest BCUT2D eigenvalue weighted by molar-refractivity contribution is 5.76. The normalized spacial score (nSPS) is 15.6. The van der Waals surface area contributed by atoms with Gasteiger partial charge in [-0.3, -0.25) is 9.59 Å². The molecule has 1 atom stereocenters. The molecule has 156 valence electrons. The highest BCUT2D eigenvalue weighted by Gasteiger charge is 2.20. The Labute approximate surface area is 168 Å². The Morgan fingerprint density at radius 2 is 1.90 bits per heavy atom. The number of aliphatic carboxylic acids is 2. The van der Waals surface area contributed by atoms with Crippen molar-refractivity contribution < 1.29 is 19.8 Å². The zero-order chi connectivity index (χ0) is 21.4. The number of nitrogens with one attached hydrogen (secondary N) is 1. The molecule has 0 radical (unpaired) electrons. The van der Waals surface area contributed by atoms with Crippen LogP contribution in [-0.4, -0.2) is 59.8 Å². The molecule has 1 aromatic carbocycles. The number of aryl methyl sites for hydroxylation is 1. The summed E-state index contributed by atoms with van der Waals surface area (Å²) in [5.74, 6) is -0.0586. The lowest BCUT2D eigenvalue weighted by Crippen LogP contribution is -2.29. The fourth-order valence-corrected chi connectivity index (χ4v) is 3.09. The molecule has 1 unspecified atom stereocenters. The predicted octanol–water partition coefficient (Wildman–Crippen LogP) is 1.80. The molecular formula is C19H26N6O4. The maximum Gasteiger partial charge on any atom is 0.300 e. The molecule has 0 amide bonds. The standard InChI is InChI=1S/C15H18N6.2C2H4O2/c1-20-14-5-4-12(9-13(14)18-19-20)21-8-7-17-15(21)11-3-2-6-16-10-11;2*1-2(3)4/h4-5,7-9,11,16H,2-3,6,10H2,1H3;2*1H3,(H,3,4). The van der Waals surface area contributed by atoms with Gasteiger partial charge in [-0.2, -0.15) is 0 Å². The third-order valence-electron chi connectivity index (χ3n) is 4.20. The van der Waals surface area contributed by atoms with Crippen molar-refractivity contribution in [2.75, 3.05) is 13.1 Å². The van der Waals surface area contributed by atoms with Crippen LogP contribution in [0.5, 0.6) is 0 Å². The van der Waals surface area contributed by atoms with E-state index >= 15 is 0 Å². The number of carbonyl (C=O) groups is 2. The van der Waals surface area contributed by atoms with E-state index in [0.29, 0.717) is 5.92 Å². The average molecular weight is 402 g/mol. The van der Waals surface area contributed by atoms with Gasteiger partial charge >= 0.3 is 0 Å². The van der Waals surface area contributed by atoms with Gasteiger partial charge in [-0.1, -0.05) is 5.21 Å². The number of rotatable bonds is 2. The molecule has 0 saturated carbocycles. The third-order valence-corrected chi connectivity index (χ3v) is 4.20. The largest absolute Gasteiger partial charge is 0.481 e. The number of hydrogen-bond donors (Lipinski definition) is 3. The fourth-order valence-electron chi connectivity index (χ4n) is 3.09. The Kier molecular flexibility index (Phi) is 7.84. The summed E-state index contributed by atoms with van der Waals surface area (Å²) in [6.45, 7) is 4.28. The second kappa shape index (κ2) is 10.3. The number of benzene rings is 1. The number of piperidine rings is 1. The zero-order valence-corrected chi connectivity index (χ0v) is 16.7. The van der Waals surface area contributed by atoms with Crippen molar-refractivity contribution in [2.45, 2.75) is 32.6 Å². The van der Waals surface area contributed by atoms with Crippen LogP contribution in [0.4, 0.5) is 0 Å². The van der Waals surface area contributed by atoms with Gasteiger partial charge in [0.15, 0.2) is 0 Å². The van der Waals surface area contributed by atoms with Gasteiger partial charge in [0.25, 0.3) is 11.9 Å². The van der Waals surface area contributed by atoms with E-state index in [1.807, 2.05) is 19.4 Å². The highest BCUT2D eigenvalue weighted by Crippen LogP contribution is 2.25. The van der Waals surface area contributed by atoms with Gasteiger partial charge < -0.3 is 20.1 Å². The lowest BCUT2D eigenvalue weighted by molar-refractivity contribution is -0.135. The van der Waals surface area contributed by atoms with Crippen molar-refractivity contribution in [1.82, 2.24) is 29.9 Å². The Morgan fingerprint density at radius 3 is 2.52 bits per heavy atom. The molecule has 1 aliphatic rings. The topological polar surface area (TPSA) is 135 Å². The van der Waals surface area contributed by atoms with E-state index in [1.165, 1.54) is 12.8 Å². The van der Waals surface area contributed by atoms with Gasteiger partial charge in [0.1, 0.15) is 11.3 Å². The quantitative estimate of drug-likeness (QED) is 0.590. The number of carboxylic acid groups (broad SMARTS) is 2. The van der Waals surface area contributed by atoms with Crippen molar-refractivity contribution in [2.24, 2.45) is 7.05 Å². The first-order valence-corrected chi connectivity index (χ1v) is 9.22. The molecule has 0 spiro atoms. The summed E-state index contributed by atoms with van der Waals surface area (Å²) >= 11 is 0. The zero-order valence-electron chi connectivity index (χ0n) is 16.7. The van der Waals surface area contributed by atoms with Crippen molar-refractivity contribution in [3.63, 3.8) is 0 Å². The van der Waals surface area contributed by atoms with Gasteiger partial charge in [0.05, 0.1) is 5.52 Å². The first-order chi connectivity index (χ1) is 13.8. The van der Waals surface area contributed by atoms with Crippen LogP contribution in [0, 0.1) is 0 Å². The minimum atomic E-state index is -0.833. The molecule has 3 N–H and O–H groups in total. The van der Waals surface area contributed by atoms with Gasteiger partial charge in [-0.25, -0.2) is 9.67 Å². The number of nitrogens with zero attached hydrogens (tertiary/aromatic N) is 5. The Bertz CT molecular complexity index is 939. The molecule has 0 aliphatic carbocycles. The van der Waals surface area contributed by atoms with E-state index in [2.05, 4.69) is 43.4 Å². The van der Waals surface area contributed by atoms with Crippen molar-refractivity contribution in [1.29, 1.82) is 0 Å². The molecule has 1 aliphatic heterocycles. The van der Waals surface area contributed by atoms with Crippen molar-refractivity contribution in [3.8, 4) is 5.69 Å². The second-order valence-electron chi connectivity index (χ2n) is 6.62. The number of carboxylic acids is 2. The maximum atomic E-state index is 9.00. The third kappa shape index (κ3) is 6.39. The van der Waals surface area contributed by atoms with Crippen LogP contribution in [0.3, 0.4) is 0 Å². The molecule has 10 heteroatoms. The molecule has 1 fully saturated rings. The highest BCUT2D eigenvalue weighted by atomic mass is 16.4. The Balaban J connectivity index is 0.000000324. The van der Waals surface area contributed by atoms with Crippen LogP contribution < -0.4 is 5.32 Å². The van der Waals surface area contributed by atoms with E-state index in [4.69, 9.17) is 19.8 Å². The minimum absolute atomic E-state index is 0.478. The molecule has 29 heavy (non-hydrogen) atoms. The number of fused-ring (bicyclic) bond motifs is 1. The molecule has 1 saturated heterocycles. The van der Waals surface area contributed by atoms with Gasteiger partial charge in [0.2, 0.25) is 0 Å². The SMILES string of the molecule is CC(=O)O.CC(=O)O.Cn1nnc2cc(-n3ccnc3C3CCCNC3)ccc21. The summed E-state index contributed by atoms with van der Waals surface area (Å²) in [6.07, 6.45) is 6.31. The van der Waals surface area contributed by atoms with Crippen LogP contribution in [0.1, 0.15) is 38.4 Å². The lowest BCUT2D eigenvalue weighted by Gasteiger charge is -2.23. The lowest BCUT2D eigenvalue weighted by atomic mass is 9.99. The smallest absolute Gasteiger partial charge is 0.300 e. The van der Waals surface area contributed by atoms with Gasteiger partial charge in [0, 0.05) is 51.4 Å². The molecule has 0 bridgehead atoms. The van der Waals surface area contributed by atoms with Crippen molar-refractivity contribution >= 4 is 23.0 Å². The predicted molar refractivity (Wildman–Crippen MR) is 107 cm³/mol. The molecule has 3 aromatic rings. The fraction of sp³-hybridized carbons (Fsp3) is 0.421. The molecule has 2 aromatic heterocycles. The van der Waals surface area contributed by atoms with Gasteiger partial charge in [-0.15, -0.1) is 5.10 Å². The summed E-state index contributed by atoms with van der Waals surface area (Å²) in [5, 5.41) is 26.5. The first kappa shape index (κ1) is 22.0. The second-order valence-corrected chi connectivity index (χ2v) is 6.62. The van der Waals surface area contributed by atoms with Gasteiger partial charge in [-0.05, 0) is 37.6 Å². The summed E-state index contributed by atoms with van der Waals surface area (Å²) in [7, 11) is 1.91. The van der Waals surface area contributed by atoms with Crippen LogP contribution in [0.2, 0.25) is 0 Å². The monoisotopic (exact) mass is 402 g/mol. The summed E-state index contributed by atoms with van der Waals surface area (Å²) in [5.41, 5.74) is 3.05. The molecule has 4 rings (SSSR count). The van der Waals surface area contributed by atoms with Crippen LogP contribution in [0.15, 0.2) is 30.6 Å². The molecule has 10 nitrogen and oxygen atoms in total. The summed E-state index contributed by atoms with van der Waals surface area (Å²) in [4.78, 5) is 22.6. The van der Waals surface area contributed by atoms with E-state index in [9.17, 15) is 0 Å². The first-order valence-electron chi connectivity index (χ1n) is 9.22. The van der Waals surface area contributed by atoms with Crippen LogP contribution in [-0.2, 0) is 16.6 Å². The number of imidazole rings is 1. The van der Waals surface area contributed by atoms with E-state index in [1.54, 1.807) is 4.68 Å². The number of aromatic nitrogens is 5. The van der Waals surface area contributed by atoms with Crippen LogP contribution in [0.25, 0.3) is 16.7 Å². The maximum absolute atomic E-state index is 9.00. The Morgan fingerprint density at radius 1 is 1.21 bits per heavy atom. The summed E-state index contributed by atoms with van der Waals surface area (Å²) in [6, 6.07) is 6.24. The van der Waals surface area contributed by atoms with E-state index < -0.39 is 11.9 Å². The van der Waals surface area contributed by atoms with Crippen molar-refractivity contribution in [3.05, 3.63) is 36.4 Å². The molecule has 3 heterocycles. The van der Waals surface area contributed by atoms with E-state index in [0.717, 1.165) is 49.5 Å².